The zero-order chi connectivity index (χ0) is 14.7. The van der Waals surface area contributed by atoms with Gasteiger partial charge in [-0.05, 0) is 22.0 Å². The number of morpholine rings is 1. The maximum absolute atomic E-state index is 12.4. The molecule has 20 heavy (non-hydrogen) atoms. The number of nitrogens with zero attached hydrogens (tertiary/aromatic N) is 3. The minimum absolute atomic E-state index is 0.148. The molecule has 0 N–H and O–H groups in total. The molecule has 1 heterocycles. The molecule has 0 saturated carbocycles. The van der Waals surface area contributed by atoms with Gasteiger partial charge in [0.25, 0.3) is 11.6 Å². The molecule has 8 heteroatoms. The van der Waals surface area contributed by atoms with E-state index in [1.807, 2.05) is 6.07 Å². The van der Waals surface area contributed by atoms with Crippen LogP contribution in [-0.2, 0) is 4.74 Å². The summed E-state index contributed by atoms with van der Waals surface area (Å²) < 4.78 is 5.31. The number of carbonyl (C=O) groups excluding carboxylic acids is 1. The van der Waals surface area contributed by atoms with Crippen LogP contribution in [0.15, 0.2) is 22.7 Å². The van der Waals surface area contributed by atoms with Crippen LogP contribution in [0.5, 0.6) is 0 Å². The van der Waals surface area contributed by atoms with Gasteiger partial charge in [0, 0.05) is 12.6 Å². The van der Waals surface area contributed by atoms with Crippen molar-refractivity contribution in [3.8, 4) is 6.07 Å². The molecule has 1 aliphatic rings. The van der Waals surface area contributed by atoms with Crippen molar-refractivity contribution in [2.45, 2.75) is 6.10 Å². The van der Waals surface area contributed by atoms with E-state index in [0.29, 0.717) is 6.54 Å². The van der Waals surface area contributed by atoms with Crippen LogP contribution in [0.2, 0.25) is 0 Å². The van der Waals surface area contributed by atoms with E-state index < -0.39 is 11.0 Å². The van der Waals surface area contributed by atoms with Crippen LogP contribution >= 0.6 is 15.9 Å². The number of hydrogen-bond donors (Lipinski definition) is 0. The van der Waals surface area contributed by atoms with Crippen LogP contribution in [0.25, 0.3) is 0 Å². The Morgan fingerprint density at radius 3 is 3.00 bits per heavy atom. The first kappa shape index (κ1) is 14.4. The Hall–Kier alpha value is -1.98. The molecule has 0 aliphatic carbocycles. The summed E-state index contributed by atoms with van der Waals surface area (Å²) in [5, 5.41) is 19.7. The van der Waals surface area contributed by atoms with Gasteiger partial charge in [-0.3, -0.25) is 14.9 Å². The highest BCUT2D eigenvalue weighted by Gasteiger charge is 2.28. The summed E-state index contributed by atoms with van der Waals surface area (Å²) in [5.41, 5.74) is 0.0405. The van der Waals surface area contributed by atoms with Crippen molar-refractivity contribution in [1.82, 2.24) is 4.90 Å². The van der Waals surface area contributed by atoms with Crippen molar-refractivity contribution in [3.63, 3.8) is 0 Å². The van der Waals surface area contributed by atoms with Gasteiger partial charge >= 0.3 is 0 Å². The summed E-state index contributed by atoms with van der Waals surface area (Å²) in [7, 11) is 0. The van der Waals surface area contributed by atoms with Gasteiger partial charge in [0.15, 0.2) is 6.10 Å². The second kappa shape index (κ2) is 5.98. The number of amides is 1. The number of benzene rings is 1. The summed E-state index contributed by atoms with van der Waals surface area (Å²) in [6.45, 7) is 0.785. The molecule has 1 aliphatic heterocycles. The van der Waals surface area contributed by atoms with Gasteiger partial charge in [-0.1, -0.05) is 6.07 Å². The van der Waals surface area contributed by atoms with Crippen molar-refractivity contribution < 1.29 is 14.5 Å². The molecule has 104 valence electrons. The van der Waals surface area contributed by atoms with Gasteiger partial charge in [-0.15, -0.1) is 0 Å². The lowest BCUT2D eigenvalue weighted by atomic mass is 10.1. The minimum atomic E-state index is -0.662. The summed E-state index contributed by atoms with van der Waals surface area (Å²) in [4.78, 5) is 24.1. The molecular weight excluding hydrogens is 330 g/mol. The zero-order valence-corrected chi connectivity index (χ0v) is 11.9. The third kappa shape index (κ3) is 2.79. The lowest BCUT2D eigenvalue weighted by Gasteiger charge is -2.30. The van der Waals surface area contributed by atoms with Gasteiger partial charge in [-0.2, -0.15) is 5.26 Å². The van der Waals surface area contributed by atoms with E-state index in [4.69, 9.17) is 10.00 Å². The van der Waals surface area contributed by atoms with Gasteiger partial charge in [0.2, 0.25) is 0 Å². The zero-order valence-electron chi connectivity index (χ0n) is 10.3. The van der Waals surface area contributed by atoms with Gasteiger partial charge in [0.05, 0.1) is 29.7 Å². The molecule has 7 nitrogen and oxygen atoms in total. The van der Waals surface area contributed by atoms with Crippen LogP contribution < -0.4 is 0 Å². The molecule has 1 aromatic carbocycles. The molecule has 0 aromatic heterocycles. The summed E-state index contributed by atoms with van der Waals surface area (Å²) in [6, 6.07) is 6.23. The lowest BCUT2D eigenvalue weighted by molar-refractivity contribution is -0.385. The highest BCUT2D eigenvalue weighted by atomic mass is 79.9. The normalized spacial score (nSPS) is 18.4. The summed E-state index contributed by atoms with van der Waals surface area (Å²) >= 11 is 3.10. The molecule has 1 unspecified atom stereocenters. The van der Waals surface area contributed by atoms with Crippen LogP contribution in [0.1, 0.15) is 10.4 Å². The maximum atomic E-state index is 12.4. The number of ether oxygens (including phenoxy) is 1. The van der Waals surface area contributed by atoms with Gasteiger partial charge < -0.3 is 9.64 Å². The topological polar surface area (TPSA) is 96.5 Å². The van der Waals surface area contributed by atoms with Gasteiger partial charge in [0.1, 0.15) is 4.47 Å². The number of halogens is 1. The minimum Gasteiger partial charge on any atom is -0.360 e. The summed E-state index contributed by atoms with van der Waals surface area (Å²) in [6.07, 6.45) is -0.662. The predicted molar refractivity (Wildman–Crippen MR) is 72.1 cm³/mol. The number of hydrogen-bond acceptors (Lipinski definition) is 5. The molecule has 0 bridgehead atoms. The van der Waals surface area contributed by atoms with E-state index in [1.165, 1.54) is 23.1 Å². The quantitative estimate of drug-likeness (QED) is 0.603. The van der Waals surface area contributed by atoms with Crippen LogP contribution in [-0.4, -0.2) is 41.5 Å². The number of nitro groups is 1. The smallest absolute Gasteiger partial charge is 0.284 e. The second-order valence-corrected chi connectivity index (χ2v) is 4.93. The monoisotopic (exact) mass is 339 g/mol. The molecule has 1 saturated heterocycles. The Labute approximate surface area is 123 Å². The average molecular weight is 340 g/mol. The van der Waals surface area contributed by atoms with E-state index in [9.17, 15) is 14.9 Å². The molecular formula is C12H10BrN3O4. The van der Waals surface area contributed by atoms with Crippen molar-refractivity contribution in [2.24, 2.45) is 0 Å². The van der Waals surface area contributed by atoms with E-state index in [2.05, 4.69) is 15.9 Å². The molecule has 1 amide bonds. The van der Waals surface area contributed by atoms with Crippen molar-refractivity contribution in [3.05, 3.63) is 38.3 Å². The molecule has 1 aromatic rings. The molecule has 1 fully saturated rings. The predicted octanol–water partition coefficient (Wildman–Crippen LogP) is 1.72. The number of carbonyl (C=O) groups is 1. The third-order valence-corrected chi connectivity index (χ3v) is 3.74. The standard InChI is InChI=1S/C12H10BrN3O4/c13-11-9(2-1-3-10(11)16(18)19)12(17)15-4-5-20-8(6-14)7-15/h1-3,8H,4-5,7H2. The molecule has 1 atom stereocenters. The highest BCUT2D eigenvalue weighted by molar-refractivity contribution is 9.10. The van der Waals surface area contributed by atoms with Gasteiger partial charge in [-0.25, -0.2) is 0 Å². The fourth-order valence-corrected chi connectivity index (χ4v) is 2.49. The Bertz CT molecular complexity index is 599. The number of nitriles is 1. The van der Waals surface area contributed by atoms with E-state index in [1.54, 1.807) is 0 Å². The number of rotatable bonds is 2. The Morgan fingerprint density at radius 1 is 1.60 bits per heavy atom. The first-order valence-electron chi connectivity index (χ1n) is 5.78. The van der Waals surface area contributed by atoms with Crippen molar-refractivity contribution in [1.29, 1.82) is 5.26 Å². The molecule has 0 spiro atoms. The maximum Gasteiger partial charge on any atom is 0.284 e. The Balaban J connectivity index is 2.28. The first-order chi connectivity index (χ1) is 9.54. The number of nitro benzene ring substituents is 1. The highest BCUT2D eigenvalue weighted by Crippen LogP contribution is 2.29. The van der Waals surface area contributed by atoms with Crippen molar-refractivity contribution in [2.75, 3.05) is 19.7 Å². The van der Waals surface area contributed by atoms with E-state index >= 15 is 0 Å². The molecule has 2 rings (SSSR count). The van der Waals surface area contributed by atoms with E-state index in [0.717, 1.165) is 0 Å². The second-order valence-electron chi connectivity index (χ2n) is 4.14. The van der Waals surface area contributed by atoms with Crippen LogP contribution in [0.3, 0.4) is 0 Å². The third-order valence-electron chi connectivity index (χ3n) is 2.90. The summed E-state index contributed by atoms with van der Waals surface area (Å²) in [5.74, 6) is -0.357. The fourth-order valence-electron chi connectivity index (χ4n) is 1.91. The Morgan fingerprint density at radius 2 is 2.35 bits per heavy atom. The average Bonchev–Trinajstić information content (AvgIpc) is 2.46. The van der Waals surface area contributed by atoms with E-state index in [-0.39, 0.29) is 34.8 Å². The molecule has 0 radical (unpaired) electrons. The van der Waals surface area contributed by atoms with Crippen LogP contribution in [0, 0.1) is 21.4 Å². The van der Waals surface area contributed by atoms with Crippen LogP contribution in [0.4, 0.5) is 5.69 Å². The first-order valence-corrected chi connectivity index (χ1v) is 6.57. The SMILES string of the molecule is N#CC1CN(C(=O)c2cccc([N+](=O)[O-])c2Br)CCO1. The Kier molecular flexibility index (Phi) is 4.32. The fraction of sp³-hybridized carbons (Fsp3) is 0.333. The van der Waals surface area contributed by atoms with Crippen molar-refractivity contribution >= 4 is 27.5 Å². The lowest BCUT2D eigenvalue weighted by Crippen LogP contribution is -2.45. The largest absolute Gasteiger partial charge is 0.360 e.